The molecule has 0 nitrogen and oxygen atoms in total. The van der Waals surface area contributed by atoms with Crippen molar-refractivity contribution in [3.8, 4) is 55.6 Å². The van der Waals surface area contributed by atoms with Crippen LogP contribution in [-0.2, 0) is 10.8 Å². The molecule has 0 saturated heterocycles. The fourth-order valence-electron chi connectivity index (χ4n) is 10.1. The lowest BCUT2D eigenvalue weighted by atomic mass is 9.64. The average Bonchev–Trinajstić information content (AvgIpc) is 3.56. The Hall–Kier alpha value is -6.76. The van der Waals surface area contributed by atoms with E-state index in [-0.39, 0.29) is 5.41 Å². The summed E-state index contributed by atoms with van der Waals surface area (Å²) >= 11 is 0. The molecule has 0 N–H and O–H groups in total. The minimum absolute atomic E-state index is 0.207. The Morgan fingerprint density at radius 3 is 1.36 bits per heavy atom. The highest BCUT2D eigenvalue weighted by Gasteiger charge is 2.48. The number of rotatable bonds is 5. The van der Waals surface area contributed by atoms with E-state index >= 15 is 0 Å². The average molecular weight is 713 g/mol. The van der Waals surface area contributed by atoms with Crippen LogP contribution in [-0.4, -0.2) is 0 Å². The van der Waals surface area contributed by atoms with Gasteiger partial charge in [0, 0.05) is 5.41 Å². The molecular formula is C56H40. The molecule has 0 heterocycles. The van der Waals surface area contributed by atoms with Crippen LogP contribution in [0, 0.1) is 0 Å². The maximum atomic E-state index is 2.58. The molecule has 0 aliphatic heterocycles. The molecule has 0 saturated carbocycles. The fraction of sp³-hybridized carbons (Fsp3) is 0.0714. The molecular weight excluding hydrogens is 673 g/mol. The van der Waals surface area contributed by atoms with Crippen LogP contribution in [0.4, 0.5) is 0 Å². The summed E-state index contributed by atoms with van der Waals surface area (Å²) in [5, 5.41) is 2.68. The molecule has 0 aromatic heterocycles. The van der Waals surface area contributed by atoms with Gasteiger partial charge in [0.05, 0.1) is 5.41 Å². The predicted molar refractivity (Wildman–Crippen MR) is 235 cm³/mol. The standard InChI is InChI=1S/C56H40/c1-55(2)51-24-14-22-46-44(41-19-10-5-11-20-41)33-34-47(54(46)51)49-36-53-48(35-52(49)55)45-21-12-13-23-50(45)56(53,42-29-25-39(26-30-42)37-15-6-3-7-16-37)43-31-27-40(28-32-43)38-17-8-4-9-18-38/h3-36H,1-2H3. The van der Waals surface area contributed by atoms with E-state index in [0.29, 0.717) is 0 Å². The topological polar surface area (TPSA) is 0 Å². The van der Waals surface area contributed by atoms with E-state index in [0.717, 1.165) is 0 Å². The highest BCUT2D eigenvalue weighted by molar-refractivity contribution is 6.10. The van der Waals surface area contributed by atoms with E-state index in [9.17, 15) is 0 Å². The van der Waals surface area contributed by atoms with Crippen molar-refractivity contribution >= 4 is 10.8 Å². The quantitative estimate of drug-likeness (QED) is 0.167. The van der Waals surface area contributed by atoms with Crippen LogP contribution in [0.3, 0.4) is 0 Å². The lowest BCUT2D eigenvalue weighted by Crippen LogP contribution is -2.29. The van der Waals surface area contributed by atoms with Crippen molar-refractivity contribution in [2.75, 3.05) is 0 Å². The van der Waals surface area contributed by atoms with Crippen LogP contribution in [0.2, 0.25) is 0 Å². The van der Waals surface area contributed by atoms with E-state index in [1.54, 1.807) is 0 Å². The molecule has 0 atom stereocenters. The lowest BCUT2D eigenvalue weighted by molar-refractivity contribution is 0.644. The Morgan fingerprint density at radius 2 is 0.750 bits per heavy atom. The van der Waals surface area contributed by atoms with Crippen LogP contribution in [0.1, 0.15) is 47.2 Å². The van der Waals surface area contributed by atoms with Gasteiger partial charge in [0.25, 0.3) is 0 Å². The molecule has 264 valence electrons. The maximum Gasteiger partial charge on any atom is 0.0713 e. The maximum absolute atomic E-state index is 2.58. The predicted octanol–water partition coefficient (Wildman–Crippen LogP) is 14.5. The third-order valence-electron chi connectivity index (χ3n) is 12.8. The summed E-state index contributed by atoms with van der Waals surface area (Å²) < 4.78 is 0. The Bertz CT molecular complexity index is 2850. The first kappa shape index (κ1) is 32.7. The molecule has 2 aliphatic carbocycles. The second kappa shape index (κ2) is 12.4. The van der Waals surface area contributed by atoms with Gasteiger partial charge in [0.15, 0.2) is 0 Å². The molecule has 0 fully saturated rings. The summed E-state index contributed by atoms with van der Waals surface area (Å²) in [4.78, 5) is 0. The summed E-state index contributed by atoms with van der Waals surface area (Å²) in [6, 6.07) is 77.0. The molecule has 11 rings (SSSR count). The second-order valence-corrected chi connectivity index (χ2v) is 16.0. The van der Waals surface area contributed by atoms with Gasteiger partial charge < -0.3 is 0 Å². The summed E-state index contributed by atoms with van der Waals surface area (Å²) in [6.07, 6.45) is 0. The van der Waals surface area contributed by atoms with Crippen LogP contribution >= 0.6 is 0 Å². The molecule has 0 bridgehead atoms. The van der Waals surface area contributed by atoms with Crippen molar-refractivity contribution in [2.45, 2.75) is 24.7 Å². The molecule has 9 aromatic carbocycles. The van der Waals surface area contributed by atoms with Gasteiger partial charge in [-0.1, -0.05) is 208 Å². The zero-order chi connectivity index (χ0) is 37.4. The van der Waals surface area contributed by atoms with E-state index in [1.165, 1.54) is 99.8 Å². The molecule has 2 aliphatic rings. The lowest BCUT2D eigenvalue weighted by Gasteiger charge is -2.38. The van der Waals surface area contributed by atoms with Gasteiger partial charge in [0.2, 0.25) is 0 Å². The van der Waals surface area contributed by atoms with Crippen LogP contribution < -0.4 is 0 Å². The number of hydrogen-bond acceptors (Lipinski definition) is 0. The highest BCUT2D eigenvalue weighted by atomic mass is 14.5. The third kappa shape index (κ3) is 4.66. The number of benzene rings is 9. The van der Waals surface area contributed by atoms with E-state index in [2.05, 4.69) is 220 Å². The molecule has 0 radical (unpaired) electrons. The van der Waals surface area contributed by atoms with Crippen molar-refractivity contribution in [2.24, 2.45) is 0 Å². The fourth-order valence-corrected chi connectivity index (χ4v) is 10.1. The molecule has 9 aromatic rings. The Kier molecular flexibility index (Phi) is 7.22. The molecule has 0 spiro atoms. The van der Waals surface area contributed by atoms with Gasteiger partial charge in [-0.3, -0.25) is 0 Å². The van der Waals surface area contributed by atoms with E-state index < -0.39 is 5.41 Å². The molecule has 0 unspecified atom stereocenters. The van der Waals surface area contributed by atoms with Crippen molar-refractivity contribution in [1.82, 2.24) is 0 Å². The minimum Gasteiger partial charge on any atom is -0.0622 e. The highest BCUT2D eigenvalue weighted by Crippen LogP contribution is 2.60. The van der Waals surface area contributed by atoms with Crippen LogP contribution in [0.25, 0.3) is 66.4 Å². The number of fused-ring (bicyclic) bond motifs is 5. The smallest absolute Gasteiger partial charge is 0.0622 e. The van der Waals surface area contributed by atoms with Gasteiger partial charge in [-0.2, -0.15) is 0 Å². The Labute approximate surface area is 329 Å². The zero-order valence-electron chi connectivity index (χ0n) is 31.6. The zero-order valence-corrected chi connectivity index (χ0v) is 31.6. The van der Waals surface area contributed by atoms with Gasteiger partial charge >= 0.3 is 0 Å². The van der Waals surface area contributed by atoms with Crippen LogP contribution in [0.15, 0.2) is 206 Å². The van der Waals surface area contributed by atoms with E-state index in [4.69, 9.17) is 0 Å². The summed E-state index contributed by atoms with van der Waals surface area (Å²) in [5.74, 6) is 0. The molecule has 0 heteroatoms. The molecule has 0 amide bonds. The Balaban J connectivity index is 1.20. The van der Waals surface area contributed by atoms with E-state index in [1.807, 2.05) is 0 Å². The van der Waals surface area contributed by atoms with Gasteiger partial charge in [0.1, 0.15) is 0 Å². The van der Waals surface area contributed by atoms with Crippen molar-refractivity contribution < 1.29 is 0 Å². The van der Waals surface area contributed by atoms with Gasteiger partial charge in [-0.15, -0.1) is 0 Å². The third-order valence-corrected chi connectivity index (χ3v) is 12.8. The first-order valence-corrected chi connectivity index (χ1v) is 19.8. The summed E-state index contributed by atoms with van der Waals surface area (Å²) in [7, 11) is 0. The van der Waals surface area contributed by atoms with Crippen molar-refractivity contribution in [3.63, 3.8) is 0 Å². The SMILES string of the molecule is CC1(C)c2cc3c(cc2-c2ccc(-c4ccccc4)c4cccc1c24)C(c1ccc(-c2ccccc2)cc1)(c1ccc(-c2ccccc2)cc1)c1ccccc1-3. The first-order chi connectivity index (χ1) is 27.5. The second-order valence-electron chi connectivity index (χ2n) is 16.0. The number of hydrogen-bond donors (Lipinski definition) is 0. The Morgan fingerprint density at radius 1 is 0.286 bits per heavy atom. The van der Waals surface area contributed by atoms with Crippen LogP contribution in [0.5, 0.6) is 0 Å². The first-order valence-electron chi connectivity index (χ1n) is 19.8. The van der Waals surface area contributed by atoms with Gasteiger partial charge in [-0.25, -0.2) is 0 Å². The molecule has 56 heavy (non-hydrogen) atoms. The van der Waals surface area contributed by atoms with Gasteiger partial charge in [-0.05, 0) is 112 Å². The monoisotopic (exact) mass is 712 g/mol. The largest absolute Gasteiger partial charge is 0.0713 e. The van der Waals surface area contributed by atoms with Crippen molar-refractivity contribution in [1.29, 1.82) is 0 Å². The normalized spacial score (nSPS) is 14.2. The van der Waals surface area contributed by atoms with Crippen molar-refractivity contribution in [3.05, 3.63) is 240 Å². The minimum atomic E-state index is -0.532. The summed E-state index contributed by atoms with van der Waals surface area (Å²) in [6.45, 7) is 4.84. The summed E-state index contributed by atoms with van der Waals surface area (Å²) in [5.41, 5.74) is 20.0.